The second kappa shape index (κ2) is 5.18. The second-order valence-corrected chi connectivity index (χ2v) is 6.45. The average molecular weight is 284 g/mol. The Kier molecular flexibility index (Phi) is 3.77. The number of benzene rings is 1. The molecule has 0 aromatic heterocycles. The molecular formula is C12H16N2O4S. The number of aromatic hydroxyl groups is 1. The molecule has 7 heteroatoms. The first-order valence-electron chi connectivity index (χ1n) is 6.00. The molecule has 1 aromatic rings. The van der Waals surface area contributed by atoms with E-state index in [2.05, 4.69) is 0 Å². The largest absolute Gasteiger partial charge is 0.507 e. The highest BCUT2D eigenvalue weighted by Gasteiger charge is 2.32. The van der Waals surface area contributed by atoms with E-state index in [0.29, 0.717) is 12.8 Å². The lowest BCUT2D eigenvalue weighted by molar-refractivity contribution is -0.122. The molecule has 1 amide bonds. The highest BCUT2D eigenvalue weighted by Crippen LogP contribution is 2.28. The van der Waals surface area contributed by atoms with Gasteiger partial charge >= 0.3 is 0 Å². The summed E-state index contributed by atoms with van der Waals surface area (Å²) in [6.45, 7) is 0.481. The summed E-state index contributed by atoms with van der Waals surface area (Å²) in [6, 6.07) is 5.82. The molecule has 0 atom stereocenters. The number of rotatable bonds is 3. The lowest BCUT2D eigenvalue weighted by atomic mass is 9.98. The molecule has 3 N–H and O–H groups in total. The van der Waals surface area contributed by atoms with Crippen LogP contribution in [0.25, 0.3) is 0 Å². The smallest absolute Gasteiger partial charge is 0.246 e. The van der Waals surface area contributed by atoms with Crippen molar-refractivity contribution in [2.45, 2.75) is 17.7 Å². The summed E-state index contributed by atoms with van der Waals surface area (Å²) in [6.07, 6.45) is 0.838. The molecule has 104 valence electrons. The number of primary amides is 1. The van der Waals surface area contributed by atoms with E-state index < -0.39 is 10.0 Å². The Balaban J connectivity index is 2.19. The number of phenolic OH excluding ortho intramolecular Hbond substituents is 1. The van der Waals surface area contributed by atoms with Crippen LogP contribution in [-0.2, 0) is 14.8 Å². The molecule has 1 fully saturated rings. The van der Waals surface area contributed by atoms with E-state index in [1.54, 1.807) is 12.1 Å². The van der Waals surface area contributed by atoms with Crippen molar-refractivity contribution < 1.29 is 18.3 Å². The van der Waals surface area contributed by atoms with Crippen molar-refractivity contribution in [3.8, 4) is 5.75 Å². The molecule has 0 unspecified atom stereocenters. The fourth-order valence-electron chi connectivity index (χ4n) is 2.20. The van der Waals surface area contributed by atoms with E-state index >= 15 is 0 Å². The number of phenols is 1. The first kappa shape index (κ1) is 13.8. The van der Waals surface area contributed by atoms with E-state index in [1.165, 1.54) is 16.4 Å². The van der Waals surface area contributed by atoms with E-state index in [0.717, 1.165) is 0 Å². The Morgan fingerprint density at radius 2 is 1.84 bits per heavy atom. The minimum absolute atomic E-state index is 0.104. The quantitative estimate of drug-likeness (QED) is 0.832. The zero-order chi connectivity index (χ0) is 14.0. The van der Waals surface area contributed by atoms with Crippen LogP contribution in [0, 0.1) is 5.92 Å². The van der Waals surface area contributed by atoms with Gasteiger partial charge in [0.15, 0.2) is 0 Å². The third-order valence-electron chi connectivity index (χ3n) is 3.34. The maximum Gasteiger partial charge on any atom is 0.246 e. The number of carbonyl (C=O) groups excluding carboxylic acids is 1. The van der Waals surface area contributed by atoms with Gasteiger partial charge in [0, 0.05) is 19.0 Å². The Hall–Kier alpha value is -1.60. The number of nitrogens with two attached hydrogens (primary N) is 1. The monoisotopic (exact) mass is 284 g/mol. The van der Waals surface area contributed by atoms with Crippen LogP contribution in [0.1, 0.15) is 12.8 Å². The molecule has 0 aliphatic carbocycles. The van der Waals surface area contributed by atoms with Crippen LogP contribution >= 0.6 is 0 Å². The van der Waals surface area contributed by atoms with Crippen LogP contribution in [0.4, 0.5) is 0 Å². The van der Waals surface area contributed by atoms with Gasteiger partial charge in [-0.05, 0) is 25.0 Å². The summed E-state index contributed by atoms with van der Waals surface area (Å²) in [7, 11) is -3.71. The minimum atomic E-state index is -3.71. The third-order valence-corrected chi connectivity index (χ3v) is 5.29. The fourth-order valence-corrected chi connectivity index (χ4v) is 3.75. The minimum Gasteiger partial charge on any atom is -0.507 e. The van der Waals surface area contributed by atoms with Crippen molar-refractivity contribution in [3.63, 3.8) is 0 Å². The van der Waals surface area contributed by atoms with Gasteiger partial charge in [-0.3, -0.25) is 4.79 Å². The molecule has 6 nitrogen and oxygen atoms in total. The molecule has 0 radical (unpaired) electrons. The summed E-state index contributed by atoms with van der Waals surface area (Å²) >= 11 is 0. The number of piperidine rings is 1. The van der Waals surface area contributed by atoms with Gasteiger partial charge in [0.2, 0.25) is 15.9 Å². The summed E-state index contributed by atoms with van der Waals surface area (Å²) < 4.78 is 25.9. The highest BCUT2D eigenvalue weighted by molar-refractivity contribution is 7.89. The zero-order valence-corrected chi connectivity index (χ0v) is 11.1. The molecule has 0 bridgehead atoms. The van der Waals surface area contributed by atoms with Gasteiger partial charge in [-0.15, -0.1) is 0 Å². The number of amides is 1. The number of para-hydroxylation sites is 1. The van der Waals surface area contributed by atoms with Crippen LogP contribution < -0.4 is 5.73 Å². The molecule has 0 spiro atoms. The van der Waals surface area contributed by atoms with Crippen LogP contribution in [-0.4, -0.2) is 36.8 Å². The Labute approximate surface area is 111 Å². The van der Waals surface area contributed by atoms with Crippen LogP contribution in [0.15, 0.2) is 29.2 Å². The van der Waals surface area contributed by atoms with Crippen molar-refractivity contribution >= 4 is 15.9 Å². The van der Waals surface area contributed by atoms with E-state index in [4.69, 9.17) is 5.73 Å². The van der Waals surface area contributed by atoms with E-state index in [-0.39, 0.29) is 35.6 Å². The number of nitrogens with zero attached hydrogens (tertiary/aromatic N) is 1. The van der Waals surface area contributed by atoms with Gasteiger partial charge in [0.1, 0.15) is 10.6 Å². The standard InChI is InChI=1S/C12H16N2O4S/c13-12(16)9-5-7-14(8-6-9)19(17,18)11-4-2-1-3-10(11)15/h1-4,9,15H,5-8H2,(H2,13,16). The van der Waals surface area contributed by atoms with Crippen molar-refractivity contribution in [3.05, 3.63) is 24.3 Å². The van der Waals surface area contributed by atoms with Crippen LogP contribution in [0.3, 0.4) is 0 Å². The summed E-state index contributed by atoms with van der Waals surface area (Å²) in [5, 5.41) is 9.64. The molecule has 2 rings (SSSR count). The highest BCUT2D eigenvalue weighted by atomic mass is 32.2. The molecule has 1 aliphatic rings. The molecule has 19 heavy (non-hydrogen) atoms. The number of sulfonamides is 1. The van der Waals surface area contributed by atoms with Gasteiger partial charge in [-0.2, -0.15) is 4.31 Å². The molecule has 0 saturated carbocycles. The van der Waals surface area contributed by atoms with Gasteiger partial charge in [0.05, 0.1) is 0 Å². The summed E-state index contributed by atoms with van der Waals surface area (Å²) in [5.41, 5.74) is 5.21. The molecule has 1 aliphatic heterocycles. The summed E-state index contributed by atoms with van der Waals surface area (Å²) in [4.78, 5) is 10.9. The van der Waals surface area contributed by atoms with Crippen molar-refractivity contribution in [2.75, 3.05) is 13.1 Å². The summed E-state index contributed by atoms with van der Waals surface area (Å²) in [5.74, 6) is -0.921. The Morgan fingerprint density at radius 3 is 2.37 bits per heavy atom. The first-order valence-corrected chi connectivity index (χ1v) is 7.44. The van der Waals surface area contributed by atoms with E-state index in [1.807, 2.05) is 0 Å². The fraction of sp³-hybridized carbons (Fsp3) is 0.417. The second-order valence-electron chi connectivity index (χ2n) is 4.55. The van der Waals surface area contributed by atoms with Crippen molar-refractivity contribution in [1.82, 2.24) is 4.31 Å². The first-order chi connectivity index (χ1) is 8.93. The van der Waals surface area contributed by atoms with Gasteiger partial charge in [-0.1, -0.05) is 12.1 Å². The molecule has 1 aromatic carbocycles. The lowest BCUT2D eigenvalue weighted by Crippen LogP contribution is -2.41. The SMILES string of the molecule is NC(=O)C1CCN(S(=O)(=O)c2ccccc2O)CC1. The number of hydrogen-bond acceptors (Lipinski definition) is 4. The number of hydrogen-bond donors (Lipinski definition) is 2. The lowest BCUT2D eigenvalue weighted by Gasteiger charge is -2.29. The Morgan fingerprint density at radius 1 is 1.26 bits per heavy atom. The topological polar surface area (TPSA) is 101 Å². The van der Waals surface area contributed by atoms with Crippen molar-refractivity contribution in [1.29, 1.82) is 0 Å². The van der Waals surface area contributed by atoms with Crippen LogP contribution in [0.5, 0.6) is 5.75 Å². The zero-order valence-electron chi connectivity index (χ0n) is 10.3. The molecular weight excluding hydrogens is 268 g/mol. The normalized spacial score (nSPS) is 18.3. The Bertz CT molecular complexity index is 577. The third kappa shape index (κ3) is 2.71. The average Bonchev–Trinajstić information content (AvgIpc) is 2.39. The van der Waals surface area contributed by atoms with Gasteiger partial charge < -0.3 is 10.8 Å². The number of carbonyl (C=O) groups is 1. The van der Waals surface area contributed by atoms with Crippen molar-refractivity contribution in [2.24, 2.45) is 11.7 Å². The molecule has 1 saturated heterocycles. The van der Waals surface area contributed by atoms with Gasteiger partial charge in [-0.25, -0.2) is 8.42 Å². The predicted octanol–water partition coefficient (Wildman–Crippen LogP) is 0.278. The van der Waals surface area contributed by atoms with Crippen LogP contribution in [0.2, 0.25) is 0 Å². The predicted molar refractivity (Wildman–Crippen MR) is 68.8 cm³/mol. The maximum absolute atomic E-state index is 12.3. The van der Waals surface area contributed by atoms with Gasteiger partial charge in [0.25, 0.3) is 0 Å². The molecule has 1 heterocycles. The maximum atomic E-state index is 12.3. The van der Waals surface area contributed by atoms with E-state index in [9.17, 15) is 18.3 Å².